The summed E-state index contributed by atoms with van der Waals surface area (Å²) < 4.78 is 0. The number of hydrogen-bond donors (Lipinski definition) is 0. The fourth-order valence-corrected chi connectivity index (χ4v) is 2.76. The van der Waals surface area contributed by atoms with Crippen LogP contribution in [-0.4, -0.2) is 5.66 Å². The number of allylic oxidation sites excluding steroid dienone is 2. The van der Waals surface area contributed by atoms with Gasteiger partial charge < -0.3 is 0 Å². The van der Waals surface area contributed by atoms with Crippen LogP contribution in [0.1, 0.15) is 38.5 Å². The molecule has 3 atom stereocenters. The summed E-state index contributed by atoms with van der Waals surface area (Å²) in [6.45, 7) is 0. The molecule has 1 fully saturated rings. The maximum Gasteiger partial charge on any atom is -0.0168 e. The highest BCUT2D eigenvalue weighted by atomic mass is 31.0. The van der Waals surface area contributed by atoms with Crippen LogP contribution in [0, 0.1) is 11.8 Å². The molecule has 2 unspecified atom stereocenters. The van der Waals surface area contributed by atoms with E-state index in [9.17, 15) is 0 Å². The van der Waals surface area contributed by atoms with Crippen molar-refractivity contribution < 1.29 is 0 Å². The van der Waals surface area contributed by atoms with E-state index in [0.717, 1.165) is 17.5 Å². The zero-order chi connectivity index (χ0) is 8.39. The summed E-state index contributed by atoms with van der Waals surface area (Å²) in [6, 6.07) is 0. The lowest BCUT2D eigenvalue weighted by Gasteiger charge is -2.32. The highest BCUT2D eigenvalue weighted by Gasteiger charge is 2.24. The van der Waals surface area contributed by atoms with Gasteiger partial charge in [-0.25, -0.2) is 0 Å². The predicted octanol–water partition coefficient (Wildman–Crippen LogP) is 3.39. The van der Waals surface area contributed by atoms with E-state index in [4.69, 9.17) is 0 Å². The van der Waals surface area contributed by atoms with Gasteiger partial charge in [0.2, 0.25) is 0 Å². The van der Waals surface area contributed by atoms with Crippen LogP contribution in [0.3, 0.4) is 0 Å². The second-order valence-corrected chi connectivity index (χ2v) is 5.22. The third-order valence-corrected chi connectivity index (χ3v) is 4.26. The maximum atomic E-state index is 3.03. The Hall–Kier alpha value is 0.170. The molecule has 0 aliphatic heterocycles. The highest BCUT2D eigenvalue weighted by molar-refractivity contribution is 7.17. The highest BCUT2D eigenvalue weighted by Crippen LogP contribution is 2.37. The monoisotopic (exact) mass is 182 g/mol. The molecule has 2 aliphatic carbocycles. The second kappa shape index (κ2) is 3.92. The van der Waals surface area contributed by atoms with Gasteiger partial charge in [-0.15, -0.1) is 9.24 Å². The van der Waals surface area contributed by atoms with E-state index in [1.165, 1.54) is 38.5 Å². The minimum absolute atomic E-state index is 0.871. The van der Waals surface area contributed by atoms with E-state index in [2.05, 4.69) is 21.4 Å². The average molecular weight is 182 g/mol. The molecule has 0 amide bonds. The Morgan fingerprint density at radius 2 is 2.08 bits per heavy atom. The first kappa shape index (κ1) is 8.75. The molecular formula is C11H19P. The Kier molecular flexibility index (Phi) is 2.86. The van der Waals surface area contributed by atoms with Crippen molar-refractivity contribution in [2.24, 2.45) is 11.8 Å². The van der Waals surface area contributed by atoms with Crippen LogP contribution in [0.5, 0.6) is 0 Å². The van der Waals surface area contributed by atoms with Crippen molar-refractivity contribution in [1.82, 2.24) is 0 Å². The Balaban J connectivity index is 1.83. The standard InChI is InChI=1S/C11H19P/c12-11-7-2-1-6-10(11)8-9-4-3-5-9/h1,6,9-11H,2-5,7-8,12H2/t10-,11?/m0/s1. The summed E-state index contributed by atoms with van der Waals surface area (Å²) in [5, 5.41) is 0. The SMILES string of the molecule is PC1CCC=C[C@H]1CC1CCC1. The largest absolute Gasteiger partial charge is 0.134 e. The minimum Gasteiger partial charge on any atom is -0.134 e. The van der Waals surface area contributed by atoms with Gasteiger partial charge in [0.25, 0.3) is 0 Å². The molecule has 0 saturated heterocycles. The van der Waals surface area contributed by atoms with Crippen molar-refractivity contribution in [3.8, 4) is 0 Å². The molecule has 2 aliphatic rings. The molecule has 2 rings (SSSR count). The molecule has 0 radical (unpaired) electrons. The van der Waals surface area contributed by atoms with Gasteiger partial charge in [-0.05, 0) is 36.8 Å². The van der Waals surface area contributed by atoms with Gasteiger partial charge in [0.15, 0.2) is 0 Å². The molecule has 68 valence electrons. The van der Waals surface area contributed by atoms with Crippen LogP contribution in [-0.2, 0) is 0 Å². The second-order valence-electron chi connectivity index (χ2n) is 4.37. The molecule has 1 heteroatoms. The van der Waals surface area contributed by atoms with Crippen LogP contribution >= 0.6 is 9.24 Å². The van der Waals surface area contributed by atoms with Crippen LogP contribution in [0.25, 0.3) is 0 Å². The molecule has 0 aromatic carbocycles. The molecule has 1 saturated carbocycles. The minimum atomic E-state index is 0.871. The van der Waals surface area contributed by atoms with E-state index in [1.54, 1.807) is 0 Å². The van der Waals surface area contributed by atoms with Crippen LogP contribution in [0.4, 0.5) is 0 Å². The van der Waals surface area contributed by atoms with Gasteiger partial charge in [0.05, 0.1) is 0 Å². The van der Waals surface area contributed by atoms with E-state index >= 15 is 0 Å². The van der Waals surface area contributed by atoms with Gasteiger partial charge in [0.1, 0.15) is 0 Å². The van der Waals surface area contributed by atoms with Gasteiger partial charge in [-0.3, -0.25) is 0 Å². The van der Waals surface area contributed by atoms with Crippen LogP contribution in [0.2, 0.25) is 0 Å². The summed E-state index contributed by atoms with van der Waals surface area (Å²) in [6.07, 6.45) is 13.5. The summed E-state index contributed by atoms with van der Waals surface area (Å²) in [4.78, 5) is 0. The van der Waals surface area contributed by atoms with Crippen molar-refractivity contribution in [3.05, 3.63) is 12.2 Å². The van der Waals surface area contributed by atoms with Crippen LogP contribution < -0.4 is 0 Å². The molecule has 0 bridgehead atoms. The Morgan fingerprint density at radius 3 is 2.67 bits per heavy atom. The summed E-state index contributed by atoms with van der Waals surface area (Å²) in [7, 11) is 3.03. The molecule has 0 heterocycles. The van der Waals surface area contributed by atoms with E-state index in [1.807, 2.05) is 0 Å². The van der Waals surface area contributed by atoms with Gasteiger partial charge in [-0.1, -0.05) is 31.4 Å². The zero-order valence-electron chi connectivity index (χ0n) is 7.71. The lowest BCUT2D eigenvalue weighted by Crippen LogP contribution is -2.22. The maximum absolute atomic E-state index is 3.03. The van der Waals surface area contributed by atoms with Crippen LogP contribution in [0.15, 0.2) is 12.2 Å². The number of rotatable bonds is 2. The van der Waals surface area contributed by atoms with Crippen molar-refractivity contribution >= 4 is 9.24 Å². The smallest absolute Gasteiger partial charge is 0.0168 e. The molecular weight excluding hydrogens is 163 g/mol. The lowest BCUT2D eigenvalue weighted by molar-refractivity contribution is 0.261. The summed E-state index contributed by atoms with van der Waals surface area (Å²) >= 11 is 0. The first-order valence-corrected chi connectivity index (χ1v) is 5.95. The molecule has 0 aromatic heterocycles. The van der Waals surface area contributed by atoms with Crippen molar-refractivity contribution in [2.75, 3.05) is 0 Å². The fourth-order valence-electron chi connectivity index (χ4n) is 2.28. The molecule has 0 N–H and O–H groups in total. The first-order valence-electron chi connectivity index (χ1n) is 5.28. The lowest BCUT2D eigenvalue weighted by atomic mass is 9.76. The average Bonchev–Trinajstić information content (AvgIpc) is 2.00. The van der Waals surface area contributed by atoms with Crippen molar-refractivity contribution in [1.29, 1.82) is 0 Å². The third kappa shape index (κ3) is 1.91. The van der Waals surface area contributed by atoms with E-state index < -0.39 is 0 Å². The Labute approximate surface area is 78.0 Å². The quantitative estimate of drug-likeness (QED) is 0.453. The van der Waals surface area contributed by atoms with Crippen molar-refractivity contribution in [3.63, 3.8) is 0 Å². The zero-order valence-corrected chi connectivity index (χ0v) is 8.86. The van der Waals surface area contributed by atoms with Gasteiger partial charge in [0, 0.05) is 0 Å². The Bertz CT molecular complexity index is 170. The Morgan fingerprint density at radius 1 is 1.25 bits per heavy atom. The van der Waals surface area contributed by atoms with E-state index in [-0.39, 0.29) is 0 Å². The first-order chi connectivity index (χ1) is 5.86. The van der Waals surface area contributed by atoms with E-state index in [0.29, 0.717) is 0 Å². The van der Waals surface area contributed by atoms with Gasteiger partial charge >= 0.3 is 0 Å². The predicted molar refractivity (Wildman–Crippen MR) is 57.3 cm³/mol. The van der Waals surface area contributed by atoms with Crippen molar-refractivity contribution in [2.45, 2.75) is 44.2 Å². The summed E-state index contributed by atoms with van der Waals surface area (Å²) in [5.41, 5.74) is 0.871. The third-order valence-electron chi connectivity index (χ3n) is 3.43. The normalized spacial score (nSPS) is 36.4. The topological polar surface area (TPSA) is 0 Å². The molecule has 0 nitrogen and oxygen atoms in total. The summed E-state index contributed by atoms with van der Waals surface area (Å²) in [5.74, 6) is 1.95. The molecule has 0 spiro atoms. The fraction of sp³-hybridized carbons (Fsp3) is 0.818. The number of hydrogen-bond acceptors (Lipinski definition) is 0. The van der Waals surface area contributed by atoms with Gasteiger partial charge in [-0.2, -0.15) is 0 Å². The molecule has 0 aromatic rings. The molecule has 12 heavy (non-hydrogen) atoms.